The van der Waals surface area contributed by atoms with Crippen LogP contribution >= 0.6 is 27.5 Å². The van der Waals surface area contributed by atoms with Gasteiger partial charge in [-0.15, -0.1) is 0 Å². The minimum Gasteiger partial charge on any atom is -0.496 e. The Hall–Kier alpha value is -0.740. The number of carbonyl (C=O) groups excluding carboxylic acids is 1. The highest BCUT2D eigenvalue weighted by molar-refractivity contribution is 9.10. The van der Waals surface area contributed by atoms with Crippen LogP contribution in [0.15, 0.2) is 18.2 Å². The summed E-state index contributed by atoms with van der Waals surface area (Å²) in [6.07, 6.45) is 1.91. The zero-order valence-corrected chi connectivity index (χ0v) is 12.5. The summed E-state index contributed by atoms with van der Waals surface area (Å²) in [6, 6.07) is 5.52. The average Bonchev–Trinajstić information content (AvgIpc) is 2.37. The maximum Gasteiger partial charge on any atom is 0.236 e. The fourth-order valence-corrected chi connectivity index (χ4v) is 2.96. The van der Waals surface area contributed by atoms with Gasteiger partial charge in [0, 0.05) is 17.1 Å². The van der Waals surface area contributed by atoms with Crippen molar-refractivity contribution < 1.29 is 9.53 Å². The van der Waals surface area contributed by atoms with E-state index in [0.717, 1.165) is 30.7 Å². The Labute approximate surface area is 120 Å². The van der Waals surface area contributed by atoms with Crippen molar-refractivity contribution in [3.05, 3.63) is 28.8 Å². The summed E-state index contributed by atoms with van der Waals surface area (Å²) in [5.74, 6) is 0.857. The number of nitrogens with zero attached hydrogens (tertiary/aromatic N) is 1. The van der Waals surface area contributed by atoms with Gasteiger partial charge in [0.1, 0.15) is 5.75 Å². The Bertz CT molecular complexity index is 453. The van der Waals surface area contributed by atoms with Crippen molar-refractivity contribution in [2.45, 2.75) is 24.2 Å². The molecule has 1 aromatic carbocycles. The molecule has 0 bridgehead atoms. The van der Waals surface area contributed by atoms with Crippen LogP contribution in [0.4, 0.5) is 0 Å². The largest absolute Gasteiger partial charge is 0.496 e. The number of carbonyl (C=O) groups is 1. The number of amides is 1. The average molecular weight is 333 g/mol. The molecule has 98 valence electrons. The van der Waals surface area contributed by atoms with Crippen LogP contribution in [0.5, 0.6) is 5.75 Å². The van der Waals surface area contributed by atoms with E-state index >= 15 is 0 Å². The second-order valence-corrected chi connectivity index (χ2v) is 5.80. The normalized spacial score (nSPS) is 20.1. The molecule has 1 unspecified atom stereocenters. The zero-order chi connectivity index (χ0) is 13.1. The molecule has 2 rings (SSSR count). The quantitative estimate of drug-likeness (QED) is 0.795. The van der Waals surface area contributed by atoms with Gasteiger partial charge in [-0.3, -0.25) is 4.79 Å². The van der Waals surface area contributed by atoms with E-state index in [9.17, 15) is 4.79 Å². The standard InChI is InChI=1S/C13H15BrClNO2/c1-18-12-6-2-5-11(15)9(12)8-16-7-3-4-10(14)13(16)17/h2,5-6,10H,3-4,7-8H2,1H3. The molecule has 1 amide bonds. The molecule has 0 N–H and O–H groups in total. The molecule has 1 heterocycles. The van der Waals surface area contributed by atoms with Crippen LogP contribution in [0.1, 0.15) is 18.4 Å². The molecule has 0 aromatic heterocycles. The van der Waals surface area contributed by atoms with E-state index in [-0.39, 0.29) is 10.7 Å². The smallest absolute Gasteiger partial charge is 0.236 e. The second kappa shape index (κ2) is 5.93. The SMILES string of the molecule is COc1cccc(Cl)c1CN1CCCC(Br)C1=O. The number of likely N-dealkylation sites (tertiary alicyclic amines) is 1. The minimum absolute atomic E-state index is 0.0697. The predicted molar refractivity (Wildman–Crippen MR) is 75.4 cm³/mol. The molecule has 0 aliphatic carbocycles. The van der Waals surface area contributed by atoms with E-state index in [0.29, 0.717) is 11.6 Å². The minimum atomic E-state index is -0.0697. The van der Waals surface area contributed by atoms with Crippen LogP contribution in [0.3, 0.4) is 0 Å². The maximum absolute atomic E-state index is 12.0. The van der Waals surface area contributed by atoms with Crippen molar-refractivity contribution in [1.82, 2.24) is 4.90 Å². The van der Waals surface area contributed by atoms with Crippen molar-refractivity contribution in [1.29, 1.82) is 0 Å². The Balaban J connectivity index is 2.21. The lowest BCUT2D eigenvalue weighted by Crippen LogP contribution is -2.41. The summed E-state index contributed by atoms with van der Waals surface area (Å²) >= 11 is 9.59. The van der Waals surface area contributed by atoms with E-state index < -0.39 is 0 Å². The second-order valence-electron chi connectivity index (χ2n) is 4.29. The molecule has 1 saturated heterocycles. The van der Waals surface area contributed by atoms with Gasteiger partial charge < -0.3 is 9.64 Å². The third-order valence-corrected chi connectivity index (χ3v) is 4.31. The molecule has 1 atom stereocenters. The molecule has 1 fully saturated rings. The van der Waals surface area contributed by atoms with Crippen molar-refractivity contribution in [3.8, 4) is 5.75 Å². The number of rotatable bonds is 3. The molecule has 3 nitrogen and oxygen atoms in total. The number of hydrogen-bond acceptors (Lipinski definition) is 2. The topological polar surface area (TPSA) is 29.5 Å². The third kappa shape index (κ3) is 2.81. The Morgan fingerprint density at radius 2 is 2.33 bits per heavy atom. The van der Waals surface area contributed by atoms with Crippen molar-refractivity contribution in [3.63, 3.8) is 0 Å². The lowest BCUT2D eigenvalue weighted by Gasteiger charge is -2.30. The van der Waals surface area contributed by atoms with E-state index in [2.05, 4.69) is 15.9 Å². The van der Waals surface area contributed by atoms with Gasteiger partial charge in [-0.05, 0) is 25.0 Å². The number of benzene rings is 1. The van der Waals surface area contributed by atoms with Crippen molar-refractivity contribution in [2.24, 2.45) is 0 Å². The highest BCUT2D eigenvalue weighted by Crippen LogP contribution is 2.29. The van der Waals surface area contributed by atoms with E-state index in [1.54, 1.807) is 7.11 Å². The number of hydrogen-bond donors (Lipinski definition) is 0. The van der Waals surface area contributed by atoms with Gasteiger partial charge in [-0.25, -0.2) is 0 Å². The van der Waals surface area contributed by atoms with E-state index in [1.165, 1.54) is 0 Å². The monoisotopic (exact) mass is 331 g/mol. The van der Waals surface area contributed by atoms with Gasteiger partial charge in [0.05, 0.1) is 18.5 Å². The number of piperidine rings is 1. The zero-order valence-electron chi connectivity index (χ0n) is 10.2. The molecule has 18 heavy (non-hydrogen) atoms. The van der Waals surface area contributed by atoms with Gasteiger partial charge >= 0.3 is 0 Å². The van der Waals surface area contributed by atoms with Gasteiger partial charge in [0.15, 0.2) is 0 Å². The van der Waals surface area contributed by atoms with Crippen LogP contribution in [0.25, 0.3) is 0 Å². The number of methoxy groups -OCH3 is 1. The molecule has 1 aliphatic rings. The molecule has 0 saturated carbocycles. The Morgan fingerprint density at radius 1 is 1.56 bits per heavy atom. The van der Waals surface area contributed by atoms with Gasteiger partial charge in [-0.1, -0.05) is 33.6 Å². The molecule has 0 radical (unpaired) electrons. The molecular formula is C13H15BrClNO2. The Morgan fingerprint density at radius 3 is 3.06 bits per heavy atom. The first-order valence-electron chi connectivity index (χ1n) is 5.87. The van der Waals surface area contributed by atoms with Crippen molar-refractivity contribution >= 4 is 33.4 Å². The maximum atomic E-state index is 12.0. The fourth-order valence-electron chi connectivity index (χ4n) is 2.12. The van der Waals surface area contributed by atoms with Gasteiger partial charge in [-0.2, -0.15) is 0 Å². The lowest BCUT2D eigenvalue weighted by molar-refractivity contribution is -0.133. The summed E-state index contributed by atoms with van der Waals surface area (Å²) in [4.78, 5) is 13.8. The molecule has 1 aromatic rings. The molecule has 5 heteroatoms. The molecular weight excluding hydrogens is 318 g/mol. The van der Waals surface area contributed by atoms with E-state index in [4.69, 9.17) is 16.3 Å². The Kier molecular flexibility index (Phi) is 4.51. The first-order valence-corrected chi connectivity index (χ1v) is 7.17. The van der Waals surface area contributed by atoms with Crippen LogP contribution in [0, 0.1) is 0 Å². The summed E-state index contributed by atoms with van der Waals surface area (Å²) in [5, 5.41) is 0.638. The summed E-state index contributed by atoms with van der Waals surface area (Å²) in [7, 11) is 1.61. The lowest BCUT2D eigenvalue weighted by atomic mass is 10.1. The van der Waals surface area contributed by atoms with Crippen molar-refractivity contribution in [2.75, 3.05) is 13.7 Å². The molecule has 0 spiro atoms. The summed E-state index contributed by atoms with van der Waals surface area (Å²) < 4.78 is 5.30. The first-order chi connectivity index (χ1) is 8.63. The number of halogens is 2. The summed E-state index contributed by atoms with van der Waals surface area (Å²) in [6.45, 7) is 1.28. The highest BCUT2D eigenvalue weighted by atomic mass is 79.9. The van der Waals surface area contributed by atoms with Gasteiger partial charge in [0.25, 0.3) is 0 Å². The van der Waals surface area contributed by atoms with Crippen LogP contribution < -0.4 is 4.74 Å². The predicted octanol–water partition coefficient (Wildman–Crippen LogP) is 3.23. The number of ether oxygens (including phenoxy) is 1. The first kappa shape index (κ1) is 13.7. The van der Waals surface area contributed by atoms with Crippen LogP contribution in [-0.2, 0) is 11.3 Å². The fraction of sp³-hybridized carbons (Fsp3) is 0.462. The van der Waals surface area contributed by atoms with Crippen LogP contribution in [0.2, 0.25) is 5.02 Å². The number of alkyl halides is 1. The molecule has 1 aliphatic heterocycles. The van der Waals surface area contributed by atoms with Gasteiger partial charge in [0.2, 0.25) is 5.91 Å². The van der Waals surface area contributed by atoms with Crippen LogP contribution in [-0.4, -0.2) is 29.3 Å². The summed E-state index contributed by atoms with van der Waals surface area (Å²) in [5.41, 5.74) is 0.872. The highest BCUT2D eigenvalue weighted by Gasteiger charge is 2.27. The van der Waals surface area contributed by atoms with E-state index in [1.807, 2.05) is 23.1 Å². The third-order valence-electron chi connectivity index (χ3n) is 3.11.